The molecular weight excluding hydrogens is 364 g/mol. The summed E-state index contributed by atoms with van der Waals surface area (Å²) < 4.78 is 13.8. The highest BCUT2D eigenvalue weighted by atomic mass is 16.5. The van der Waals surface area contributed by atoms with Gasteiger partial charge in [0.1, 0.15) is 11.9 Å². The molecule has 1 atom stereocenters. The molecule has 0 bridgehead atoms. The Hall–Kier alpha value is -2.62. The molecule has 0 spiro atoms. The summed E-state index contributed by atoms with van der Waals surface area (Å²) in [5, 5.41) is 9.68. The van der Waals surface area contributed by atoms with Gasteiger partial charge < -0.3 is 14.4 Å². The van der Waals surface area contributed by atoms with Gasteiger partial charge in [-0.25, -0.2) is 4.98 Å². The third-order valence-corrected chi connectivity index (χ3v) is 6.22. The van der Waals surface area contributed by atoms with Crippen LogP contribution in [0.5, 0.6) is 0 Å². The summed E-state index contributed by atoms with van der Waals surface area (Å²) >= 11 is 0. The van der Waals surface area contributed by atoms with Crippen molar-refractivity contribution in [3.63, 3.8) is 0 Å². The van der Waals surface area contributed by atoms with Gasteiger partial charge in [-0.15, -0.1) is 0 Å². The summed E-state index contributed by atoms with van der Waals surface area (Å²) in [6.07, 6.45) is 3.47. The number of hydrogen-bond donors (Lipinski definition) is 0. The number of benzene rings is 1. The Morgan fingerprint density at radius 3 is 2.83 bits per heavy atom. The summed E-state index contributed by atoms with van der Waals surface area (Å²) in [7, 11) is 0. The number of rotatable bonds is 4. The Morgan fingerprint density at radius 2 is 2.07 bits per heavy atom. The first kappa shape index (κ1) is 18.4. The van der Waals surface area contributed by atoms with Crippen molar-refractivity contribution < 1.29 is 9.47 Å². The summed E-state index contributed by atoms with van der Waals surface area (Å²) in [5.41, 5.74) is 4.36. The fraction of sp³-hybridized carbons (Fsp3) is 0.478. The van der Waals surface area contributed by atoms with E-state index < -0.39 is 0 Å². The molecule has 0 radical (unpaired) electrons. The largest absolute Gasteiger partial charge is 0.381 e. The molecule has 2 saturated heterocycles. The first-order chi connectivity index (χ1) is 14.2. The monoisotopic (exact) mass is 390 g/mol. The molecule has 1 unspecified atom stereocenters. The molecule has 6 nitrogen and oxygen atoms in total. The zero-order valence-corrected chi connectivity index (χ0v) is 16.8. The number of nitrogens with zero attached hydrogens (tertiary/aromatic N) is 4. The quantitative estimate of drug-likeness (QED) is 0.680. The molecule has 4 heterocycles. The lowest BCUT2D eigenvalue weighted by molar-refractivity contribution is 0.0131. The number of pyridine rings is 1. The van der Waals surface area contributed by atoms with Crippen LogP contribution in [0.25, 0.3) is 16.7 Å². The average molecular weight is 390 g/mol. The minimum Gasteiger partial charge on any atom is -0.381 e. The topological polar surface area (TPSA) is 62.8 Å². The molecule has 2 aliphatic rings. The van der Waals surface area contributed by atoms with E-state index in [1.54, 1.807) is 0 Å². The van der Waals surface area contributed by atoms with Crippen LogP contribution in [0.2, 0.25) is 0 Å². The fourth-order valence-corrected chi connectivity index (χ4v) is 4.54. The third-order valence-electron chi connectivity index (χ3n) is 6.22. The van der Waals surface area contributed by atoms with Gasteiger partial charge in [-0.2, -0.15) is 5.26 Å². The van der Waals surface area contributed by atoms with E-state index in [4.69, 9.17) is 14.5 Å². The Kier molecular flexibility index (Phi) is 4.86. The van der Waals surface area contributed by atoms with Crippen molar-refractivity contribution in [3.05, 3.63) is 41.5 Å². The Balaban J connectivity index is 1.41. The van der Waals surface area contributed by atoms with E-state index in [0.717, 1.165) is 80.2 Å². The minimum atomic E-state index is 0.321. The smallest absolute Gasteiger partial charge is 0.157 e. The standard InChI is InChI=1S/C23H26N4O2/c1-16-12-22(26-9-6-18(7-10-26)29-15-17-8-11-28-14-17)27-21-5-3-2-4-20(21)25-23(27)19(16)13-24/h2-5,12,17-18H,6-11,14-15H2,1H3. The van der Waals surface area contributed by atoms with Gasteiger partial charge in [0.2, 0.25) is 0 Å². The number of piperidine rings is 1. The zero-order chi connectivity index (χ0) is 19.8. The van der Waals surface area contributed by atoms with Crippen molar-refractivity contribution in [2.75, 3.05) is 37.8 Å². The Labute approximate surface area is 170 Å². The predicted octanol–water partition coefficient (Wildman–Crippen LogP) is 3.69. The maximum absolute atomic E-state index is 9.68. The van der Waals surface area contributed by atoms with Crippen LogP contribution < -0.4 is 4.90 Å². The predicted molar refractivity (Wildman–Crippen MR) is 112 cm³/mol. The Morgan fingerprint density at radius 1 is 1.24 bits per heavy atom. The van der Waals surface area contributed by atoms with Gasteiger partial charge in [-0.3, -0.25) is 4.40 Å². The van der Waals surface area contributed by atoms with E-state index in [9.17, 15) is 5.26 Å². The van der Waals surface area contributed by atoms with Gasteiger partial charge in [-0.1, -0.05) is 12.1 Å². The number of para-hydroxylation sites is 2. The van der Waals surface area contributed by atoms with Gasteiger partial charge >= 0.3 is 0 Å². The van der Waals surface area contributed by atoms with Crippen LogP contribution >= 0.6 is 0 Å². The molecule has 150 valence electrons. The van der Waals surface area contributed by atoms with Crippen LogP contribution in [-0.4, -0.2) is 48.4 Å². The van der Waals surface area contributed by atoms with Crippen LogP contribution in [0, 0.1) is 24.2 Å². The number of imidazole rings is 1. The van der Waals surface area contributed by atoms with Crippen LogP contribution in [-0.2, 0) is 9.47 Å². The Bertz CT molecular complexity index is 1070. The van der Waals surface area contributed by atoms with E-state index in [2.05, 4.69) is 27.5 Å². The number of hydrogen-bond acceptors (Lipinski definition) is 5. The van der Waals surface area contributed by atoms with Crippen LogP contribution in [0.3, 0.4) is 0 Å². The molecule has 3 aromatic rings. The molecule has 6 heteroatoms. The van der Waals surface area contributed by atoms with Crippen molar-refractivity contribution in [2.24, 2.45) is 5.92 Å². The molecule has 2 aromatic heterocycles. The van der Waals surface area contributed by atoms with Crippen molar-refractivity contribution in [3.8, 4) is 6.07 Å². The molecule has 0 aliphatic carbocycles. The second kappa shape index (κ2) is 7.66. The van der Waals surface area contributed by atoms with Gasteiger partial charge in [0.15, 0.2) is 5.65 Å². The molecule has 29 heavy (non-hydrogen) atoms. The fourth-order valence-electron chi connectivity index (χ4n) is 4.54. The van der Waals surface area contributed by atoms with Gasteiger partial charge in [0, 0.05) is 25.6 Å². The number of aromatic nitrogens is 2. The van der Waals surface area contributed by atoms with Crippen LogP contribution in [0.1, 0.15) is 30.4 Å². The van der Waals surface area contributed by atoms with Gasteiger partial charge in [0.25, 0.3) is 0 Å². The number of fused-ring (bicyclic) bond motifs is 3. The number of anilines is 1. The van der Waals surface area contributed by atoms with Gasteiger partial charge in [0.05, 0.1) is 35.9 Å². The summed E-state index contributed by atoms with van der Waals surface area (Å²) in [5.74, 6) is 1.68. The molecule has 5 rings (SSSR count). The van der Waals surface area contributed by atoms with Crippen molar-refractivity contribution in [2.45, 2.75) is 32.3 Å². The average Bonchev–Trinajstić information content (AvgIpc) is 3.40. The zero-order valence-electron chi connectivity index (χ0n) is 16.8. The first-order valence-corrected chi connectivity index (χ1v) is 10.5. The minimum absolute atomic E-state index is 0.321. The van der Waals surface area contributed by atoms with E-state index in [0.29, 0.717) is 17.6 Å². The maximum Gasteiger partial charge on any atom is 0.157 e. The molecule has 2 fully saturated rings. The number of nitriles is 1. The molecule has 0 N–H and O–H groups in total. The SMILES string of the molecule is Cc1cc(N2CCC(OCC3CCOC3)CC2)n2c(nc3ccccc32)c1C#N. The van der Waals surface area contributed by atoms with Crippen LogP contribution in [0.15, 0.2) is 30.3 Å². The lowest BCUT2D eigenvalue weighted by Gasteiger charge is -2.34. The van der Waals surface area contributed by atoms with E-state index >= 15 is 0 Å². The maximum atomic E-state index is 9.68. The summed E-state index contributed by atoms with van der Waals surface area (Å²) in [4.78, 5) is 7.18. The second-order valence-electron chi connectivity index (χ2n) is 8.18. The number of ether oxygens (including phenoxy) is 2. The van der Waals surface area contributed by atoms with Crippen molar-refractivity contribution in [1.82, 2.24) is 9.38 Å². The second-order valence-corrected chi connectivity index (χ2v) is 8.18. The number of aryl methyl sites for hydroxylation is 1. The lowest BCUT2D eigenvalue weighted by atomic mass is 10.1. The molecule has 1 aromatic carbocycles. The third kappa shape index (κ3) is 3.35. The molecule has 0 saturated carbocycles. The molecule has 2 aliphatic heterocycles. The van der Waals surface area contributed by atoms with Crippen molar-refractivity contribution >= 4 is 22.5 Å². The normalized spacial score (nSPS) is 20.6. The first-order valence-electron chi connectivity index (χ1n) is 10.5. The van der Waals surface area contributed by atoms with Crippen LogP contribution in [0.4, 0.5) is 5.82 Å². The lowest BCUT2D eigenvalue weighted by Crippen LogP contribution is -2.38. The van der Waals surface area contributed by atoms with Crippen molar-refractivity contribution in [1.29, 1.82) is 5.26 Å². The van der Waals surface area contributed by atoms with E-state index in [1.165, 1.54) is 0 Å². The van der Waals surface area contributed by atoms with E-state index in [1.807, 2.05) is 25.1 Å². The molecular formula is C23H26N4O2. The van der Waals surface area contributed by atoms with E-state index in [-0.39, 0.29) is 0 Å². The van der Waals surface area contributed by atoms with Gasteiger partial charge in [-0.05, 0) is 49.9 Å². The molecule has 0 amide bonds. The highest BCUT2D eigenvalue weighted by molar-refractivity contribution is 5.85. The summed E-state index contributed by atoms with van der Waals surface area (Å²) in [6.45, 7) is 6.42. The highest BCUT2D eigenvalue weighted by Gasteiger charge is 2.25. The highest BCUT2D eigenvalue weighted by Crippen LogP contribution is 2.30. The summed E-state index contributed by atoms with van der Waals surface area (Å²) in [6, 6.07) is 12.6.